The number of anilines is 2. The zero-order valence-corrected chi connectivity index (χ0v) is 14.7. The van der Waals surface area contributed by atoms with Crippen LogP contribution in [0.5, 0.6) is 0 Å². The van der Waals surface area contributed by atoms with E-state index in [0.717, 1.165) is 41.9 Å². The summed E-state index contributed by atoms with van der Waals surface area (Å²) in [6.07, 6.45) is 3.73. The average molecular weight is 324 g/mol. The molecule has 0 unspecified atom stereocenters. The second-order valence-corrected chi connectivity index (χ2v) is 7.68. The fourth-order valence-electron chi connectivity index (χ4n) is 2.47. The van der Waals surface area contributed by atoms with Crippen molar-refractivity contribution < 1.29 is 14.3 Å². The molecule has 6 heteroatoms. The van der Waals surface area contributed by atoms with E-state index in [1.807, 2.05) is 20.8 Å². The fraction of sp³-hybridized carbons (Fsp3) is 0.625. The third-order valence-corrected chi connectivity index (χ3v) is 4.92. The van der Waals surface area contributed by atoms with Gasteiger partial charge in [0.2, 0.25) is 5.91 Å². The minimum atomic E-state index is -0.549. The Morgan fingerprint density at radius 2 is 1.86 bits per heavy atom. The molecule has 22 heavy (non-hydrogen) atoms. The van der Waals surface area contributed by atoms with Crippen molar-refractivity contribution in [3.63, 3.8) is 0 Å². The van der Waals surface area contributed by atoms with Gasteiger partial charge in [-0.1, -0.05) is 0 Å². The SMILES string of the molecule is CC(=O)N(C)c1sc2c(c1NC(=O)OC(C)(C)C)CCCC2. The number of fused-ring (bicyclic) bond motifs is 1. The Kier molecular flexibility index (Phi) is 4.80. The molecule has 0 aromatic carbocycles. The molecule has 1 aromatic rings. The van der Waals surface area contributed by atoms with E-state index < -0.39 is 11.7 Å². The summed E-state index contributed by atoms with van der Waals surface area (Å²) < 4.78 is 5.35. The molecule has 0 bridgehead atoms. The Labute approximate surface area is 135 Å². The van der Waals surface area contributed by atoms with Gasteiger partial charge in [0.15, 0.2) is 0 Å². The molecule has 0 aliphatic heterocycles. The number of nitrogens with zero attached hydrogens (tertiary/aromatic N) is 1. The van der Waals surface area contributed by atoms with Crippen molar-refractivity contribution in [1.29, 1.82) is 0 Å². The number of carbonyl (C=O) groups is 2. The van der Waals surface area contributed by atoms with Gasteiger partial charge in [0.1, 0.15) is 10.6 Å². The summed E-state index contributed by atoms with van der Waals surface area (Å²) in [6, 6.07) is 0. The van der Waals surface area contributed by atoms with Crippen LogP contribution in [0, 0.1) is 0 Å². The lowest BCUT2D eigenvalue weighted by Gasteiger charge is -2.22. The number of hydrogen-bond donors (Lipinski definition) is 1. The van der Waals surface area contributed by atoms with Crippen molar-refractivity contribution >= 4 is 34.0 Å². The summed E-state index contributed by atoms with van der Waals surface area (Å²) in [5.41, 5.74) is 1.35. The summed E-state index contributed by atoms with van der Waals surface area (Å²) in [5.74, 6) is -0.0502. The van der Waals surface area contributed by atoms with Gasteiger partial charge in [0, 0.05) is 18.8 Å². The molecule has 0 saturated heterocycles. The molecule has 1 aliphatic rings. The van der Waals surface area contributed by atoms with E-state index in [1.54, 1.807) is 23.3 Å². The van der Waals surface area contributed by atoms with Gasteiger partial charge in [-0.25, -0.2) is 4.79 Å². The molecule has 0 fully saturated rings. The van der Waals surface area contributed by atoms with E-state index in [0.29, 0.717) is 0 Å². The Balaban J connectivity index is 2.33. The molecular weight excluding hydrogens is 300 g/mol. The number of aryl methyl sites for hydroxylation is 1. The van der Waals surface area contributed by atoms with Crippen molar-refractivity contribution in [1.82, 2.24) is 0 Å². The second kappa shape index (κ2) is 6.28. The summed E-state index contributed by atoms with van der Waals surface area (Å²) in [6.45, 7) is 7.02. The molecule has 122 valence electrons. The molecule has 0 atom stereocenters. The van der Waals surface area contributed by atoms with Gasteiger partial charge in [-0.05, 0) is 52.0 Å². The first-order valence-corrected chi connectivity index (χ1v) is 8.39. The van der Waals surface area contributed by atoms with Gasteiger partial charge in [-0.3, -0.25) is 10.1 Å². The first kappa shape index (κ1) is 16.8. The third-order valence-electron chi connectivity index (χ3n) is 3.56. The molecule has 0 spiro atoms. The van der Waals surface area contributed by atoms with Crippen molar-refractivity contribution in [2.75, 3.05) is 17.3 Å². The molecule has 1 aromatic heterocycles. The topological polar surface area (TPSA) is 58.6 Å². The first-order valence-electron chi connectivity index (χ1n) is 7.58. The molecule has 2 rings (SSSR count). The molecule has 1 heterocycles. The highest BCUT2D eigenvalue weighted by Crippen LogP contribution is 2.44. The van der Waals surface area contributed by atoms with Gasteiger partial charge in [-0.15, -0.1) is 11.3 Å². The number of nitrogens with one attached hydrogen (secondary N) is 1. The third kappa shape index (κ3) is 3.80. The number of rotatable bonds is 2. The smallest absolute Gasteiger partial charge is 0.412 e. The van der Waals surface area contributed by atoms with E-state index in [4.69, 9.17) is 4.74 Å². The number of thiophene rings is 1. The maximum Gasteiger partial charge on any atom is 0.412 e. The largest absolute Gasteiger partial charge is 0.444 e. The van der Waals surface area contributed by atoms with Crippen LogP contribution in [0.3, 0.4) is 0 Å². The van der Waals surface area contributed by atoms with Gasteiger partial charge in [-0.2, -0.15) is 0 Å². The number of carbonyl (C=O) groups excluding carboxylic acids is 2. The first-order chi connectivity index (χ1) is 10.2. The molecule has 5 nitrogen and oxygen atoms in total. The zero-order valence-electron chi connectivity index (χ0n) is 13.9. The molecule has 1 aliphatic carbocycles. The van der Waals surface area contributed by atoms with Crippen LogP contribution < -0.4 is 10.2 Å². The summed E-state index contributed by atoms with van der Waals surface area (Å²) >= 11 is 1.59. The zero-order chi connectivity index (χ0) is 16.5. The minimum absolute atomic E-state index is 0.0502. The lowest BCUT2D eigenvalue weighted by atomic mass is 9.98. The van der Waals surface area contributed by atoms with Crippen molar-refractivity contribution in [3.8, 4) is 0 Å². The normalized spacial score (nSPS) is 14.2. The van der Waals surface area contributed by atoms with Crippen molar-refractivity contribution in [2.24, 2.45) is 0 Å². The van der Waals surface area contributed by atoms with E-state index in [1.165, 1.54) is 11.8 Å². The van der Waals surface area contributed by atoms with E-state index in [9.17, 15) is 9.59 Å². The van der Waals surface area contributed by atoms with E-state index >= 15 is 0 Å². The van der Waals surface area contributed by atoms with Crippen LogP contribution in [0.2, 0.25) is 0 Å². The molecule has 1 N–H and O–H groups in total. The monoisotopic (exact) mass is 324 g/mol. The fourth-order valence-corrected chi connectivity index (χ4v) is 3.81. The van der Waals surface area contributed by atoms with Gasteiger partial charge < -0.3 is 9.64 Å². The maximum absolute atomic E-state index is 12.1. The second-order valence-electron chi connectivity index (χ2n) is 6.60. The highest BCUT2D eigenvalue weighted by Gasteiger charge is 2.26. The molecule has 2 amide bonds. The summed E-state index contributed by atoms with van der Waals surface area (Å²) in [7, 11) is 1.74. The highest BCUT2D eigenvalue weighted by molar-refractivity contribution is 7.17. The van der Waals surface area contributed by atoms with Crippen LogP contribution in [-0.4, -0.2) is 24.6 Å². The predicted molar refractivity (Wildman–Crippen MR) is 89.9 cm³/mol. The van der Waals surface area contributed by atoms with Crippen molar-refractivity contribution in [2.45, 2.75) is 59.0 Å². The quantitative estimate of drug-likeness (QED) is 0.896. The van der Waals surface area contributed by atoms with Crippen LogP contribution in [0.4, 0.5) is 15.5 Å². The van der Waals surface area contributed by atoms with E-state index in [2.05, 4.69) is 5.32 Å². The highest BCUT2D eigenvalue weighted by atomic mass is 32.1. The van der Waals surface area contributed by atoms with Gasteiger partial charge in [0.05, 0.1) is 5.69 Å². The van der Waals surface area contributed by atoms with Crippen LogP contribution in [0.1, 0.15) is 51.0 Å². The summed E-state index contributed by atoms with van der Waals surface area (Å²) in [5, 5.41) is 3.66. The molecule has 0 radical (unpaired) electrons. The molecule has 0 saturated carbocycles. The average Bonchev–Trinajstić information content (AvgIpc) is 2.74. The minimum Gasteiger partial charge on any atom is -0.444 e. The molecular formula is C16H24N2O3S. The van der Waals surface area contributed by atoms with Crippen LogP contribution in [0.15, 0.2) is 0 Å². The van der Waals surface area contributed by atoms with Crippen LogP contribution in [-0.2, 0) is 22.4 Å². The summed E-state index contributed by atoms with van der Waals surface area (Å²) in [4.78, 5) is 26.7. The predicted octanol–water partition coefficient (Wildman–Crippen LogP) is 3.96. The number of hydrogen-bond acceptors (Lipinski definition) is 4. The van der Waals surface area contributed by atoms with Crippen LogP contribution >= 0.6 is 11.3 Å². The van der Waals surface area contributed by atoms with Gasteiger partial charge >= 0.3 is 6.09 Å². The Morgan fingerprint density at radius 1 is 1.23 bits per heavy atom. The Bertz CT molecular complexity index is 587. The van der Waals surface area contributed by atoms with E-state index in [-0.39, 0.29) is 5.91 Å². The van der Waals surface area contributed by atoms with Gasteiger partial charge in [0.25, 0.3) is 0 Å². The number of ether oxygens (including phenoxy) is 1. The Hall–Kier alpha value is -1.56. The standard InChI is InChI=1S/C16H24N2O3S/c1-10(19)18(5)14-13(17-15(20)21-16(2,3)4)11-8-6-7-9-12(11)22-14/h6-9H2,1-5H3,(H,17,20). The number of amides is 2. The van der Waals surface area contributed by atoms with Crippen molar-refractivity contribution in [3.05, 3.63) is 10.4 Å². The van der Waals surface area contributed by atoms with Crippen LogP contribution in [0.25, 0.3) is 0 Å². The lowest BCUT2D eigenvalue weighted by Crippen LogP contribution is -2.29. The lowest BCUT2D eigenvalue weighted by molar-refractivity contribution is -0.116. The Morgan fingerprint density at radius 3 is 2.45 bits per heavy atom. The maximum atomic E-state index is 12.1.